The van der Waals surface area contributed by atoms with E-state index in [4.69, 9.17) is 4.74 Å². The standard InChI is InChI=1S/C5H10O.BF3/c1-2-4-6-5-3-1;2-1(3)4/h1-5H2;. The Kier molecular flexibility index (Phi) is 6.80. The second-order valence-corrected chi connectivity index (χ2v) is 1.92. The number of hydrogen-bond acceptors (Lipinski definition) is 1. The van der Waals surface area contributed by atoms with Gasteiger partial charge in [0.15, 0.2) is 0 Å². The summed E-state index contributed by atoms with van der Waals surface area (Å²) in [5.74, 6) is 0. The second kappa shape index (κ2) is 6.93. The maximum Gasteiger partial charge on any atom is 0.762 e. The van der Waals surface area contributed by atoms with Gasteiger partial charge in [0, 0.05) is 13.2 Å². The normalized spacial score (nSPS) is 17.1. The maximum absolute atomic E-state index is 9.67. The summed E-state index contributed by atoms with van der Waals surface area (Å²) >= 11 is 0. The van der Waals surface area contributed by atoms with Crippen molar-refractivity contribution in [3.8, 4) is 0 Å². The molecule has 0 radical (unpaired) electrons. The quantitative estimate of drug-likeness (QED) is 0.485. The van der Waals surface area contributed by atoms with Crippen LogP contribution in [0.4, 0.5) is 12.9 Å². The molecule has 1 nitrogen and oxygen atoms in total. The molecule has 0 aromatic heterocycles. The van der Waals surface area contributed by atoms with Gasteiger partial charge in [0.05, 0.1) is 0 Å². The molecule has 0 aliphatic carbocycles. The van der Waals surface area contributed by atoms with E-state index < -0.39 is 7.54 Å². The van der Waals surface area contributed by atoms with Gasteiger partial charge in [0.25, 0.3) is 0 Å². The van der Waals surface area contributed by atoms with Crippen LogP contribution < -0.4 is 0 Å². The largest absolute Gasteiger partial charge is 0.762 e. The first kappa shape index (κ1) is 9.81. The van der Waals surface area contributed by atoms with Crippen LogP contribution in [0.1, 0.15) is 19.3 Å². The monoisotopic (exact) mass is 154 g/mol. The van der Waals surface area contributed by atoms with E-state index in [2.05, 4.69) is 0 Å². The van der Waals surface area contributed by atoms with Gasteiger partial charge in [-0.3, -0.25) is 12.9 Å². The summed E-state index contributed by atoms with van der Waals surface area (Å²) in [6.45, 7) is 2.00. The summed E-state index contributed by atoms with van der Waals surface area (Å²) in [5, 5.41) is 0. The van der Waals surface area contributed by atoms with E-state index >= 15 is 0 Å². The lowest BCUT2D eigenvalue weighted by Crippen LogP contribution is -2.03. The molecule has 1 saturated heterocycles. The fourth-order valence-corrected chi connectivity index (χ4v) is 0.687. The maximum atomic E-state index is 9.67. The van der Waals surface area contributed by atoms with Crippen LogP contribution in [-0.2, 0) is 4.74 Å². The minimum Gasteiger partial charge on any atom is -0.381 e. The highest BCUT2D eigenvalue weighted by molar-refractivity contribution is 6.33. The zero-order valence-corrected chi connectivity index (χ0v) is 5.66. The summed E-state index contributed by atoms with van der Waals surface area (Å²) in [6.07, 6.45) is 3.93. The third-order valence-corrected chi connectivity index (χ3v) is 1.08. The van der Waals surface area contributed by atoms with Gasteiger partial charge >= 0.3 is 7.54 Å². The summed E-state index contributed by atoms with van der Waals surface area (Å²) in [6, 6.07) is 0. The Morgan fingerprint density at radius 2 is 1.30 bits per heavy atom. The SMILES string of the molecule is C1CCOCC1.FB(F)F. The number of rotatable bonds is 0. The summed E-state index contributed by atoms with van der Waals surface area (Å²) < 4.78 is 34.1. The fourth-order valence-electron chi connectivity index (χ4n) is 0.687. The van der Waals surface area contributed by atoms with E-state index in [-0.39, 0.29) is 0 Å². The van der Waals surface area contributed by atoms with Gasteiger partial charge in [0.1, 0.15) is 0 Å². The van der Waals surface area contributed by atoms with Crippen LogP contribution >= 0.6 is 0 Å². The van der Waals surface area contributed by atoms with Gasteiger partial charge in [-0.25, -0.2) is 0 Å². The zero-order chi connectivity index (χ0) is 7.82. The highest BCUT2D eigenvalue weighted by Crippen LogP contribution is 2.02. The van der Waals surface area contributed by atoms with Crippen molar-refractivity contribution < 1.29 is 17.7 Å². The summed E-state index contributed by atoms with van der Waals surface area (Å²) in [7, 11) is -3.67. The van der Waals surface area contributed by atoms with Gasteiger partial charge in [-0.1, -0.05) is 0 Å². The molecule has 1 aliphatic heterocycles. The van der Waals surface area contributed by atoms with E-state index in [1.807, 2.05) is 0 Å². The van der Waals surface area contributed by atoms with Crippen molar-refractivity contribution in [1.29, 1.82) is 0 Å². The Morgan fingerprint density at radius 1 is 0.900 bits per heavy atom. The molecule has 1 fully saturated rings. The van der Waals surface area contributed by atoms with Crippen molar-refractivity contribution in [1.82, 2.24) is 0 Å². The third kappa shape index (κ3) is 10.7. The van der Waals surface area contributed by atoms with E-state index in [0.29, 0.717) is 0 Å². The number of halogens is 3. The van der Waals surface area contributed by atoms with E-state index in [0.717, 1.165) is 13.2 Å². The lowest BCUT2D eigenvalue weighted by atomic mass is 10.2. The Balaban J connectivity index is 0.000000180. The molecule has 0 bridgehead atoms. The molecule has 0 atom stereocenters. The summed E-state index contributed by atoms with van der Waals surface area (Å²) in [4.78, 5) is 0. The lowest BCUT2D eigenvalue weighted by Gasteiger charge is -2.08. The van der Waals surface area contributed by atoms with E-state index in [1.54, 1.807) is 0 Å². The highest BCUT2D eigenvalue weighted by atomic mass is 19.4. The Bertz CT molecular complexity index is 53.6. The number of ether oxygens (including phenoxy) is 1. The van der Waals surface area contributed by atoms with Crippen molar-refractivity contribution in [2.45, 2.75) is 19.3 Å². The van der Waals surface area contributed by atoms with Crippen molar-refractivity contribution in [2.75, 3.05) is 13.2 Å². The molecule has 0 N–H and O–H groups in total. The predicted molar refractivity (Wildman–Crippen MR) is 33.7 cm³/mol. The van der Waals surface area contributed by atoms with Gasteiger partial charge < -0.3 is 4.74 Å². The molecule has 1 aliphatic rings. The minimum absolute atomic E-state index is 1.00. The Labute approximate surface area is 58.8 Å². The van der Waals surface area contributed by atoms with Crippen LogP contribution in [0.5, 0.6) is 0 Å². The van der Waals surface area contributed by atoms with Gasteiger partial charge in [-0.05, 0) is 19.3 Å². The average molecular weight is 154 g/mol. The van der Waals surface area contributed by atoms with Gasteiger partial charge in [0.2, 0.25) is 0 Å². The van der Waals surface area contributed by atoms with Gasteiger partial charge in [-0.2, -0.15) is 0 Å². The summed E-state index contributed by atoms with van der Waals surface area (Å²) in [5.41, 5.74) is 0. The van der Waals surface area contributed by atoms with Crippen LogP contribution in [0.15, 0.2) is 0 Å². The number of hydrogen-bond donors (Lipinski definition) is 0. The average Bonchev–Trinajstić information content (AvgIpc) is 1.90. The molecule has 1 heterocycles. The van der Waals surface area contributed by atoms with Crippen LogP contribution in [-0.4, -0.2) is 20.8 Å². The molecule has 0 saturated carbocycles. The van der Waals surface area contributed by atoms with Crippen LogP contribution in [0.3, 0.4) is 0 Å². The van der Waals surface area contributed by atoms with Crippen LogP contribution in [0.25, 0.3) is 0 Å². The molecule has 0 aromatic rings. The van der Waals surface area contributed by atoms with Crippen molar-refractivity contribution in [3.63, 3.8) is 0 Å². The predicted octanol–water partition coefficient (Wildman–Crippen LogP) is 2.07. The first-order valence-corrected chi connectivity index (χ1v) is 3.23. The molecular weight excluding hydrogens is 144 g/mol. The molecule has 0 unspecified atom stereocenters. The minimum atomic E-state index is -3.67. The first-order chi connectivity index (χ1) is 4.73. The van der Waals surface area contributed by atoms with Gasteiger partial charge in [-0.15, -0.1) is 0 Å². The zero-order valence-electron chi connectivity index (χ0n) is 5.66. The molecule has 60 valence electrons. The topological polar surface area (TPSA) is 9.23 Å². The molecule has 0 aromatic carbocycles. The van der Waals surface area contributed by atoms with E-state index in [1.165, 1.54) is 19.3 Å². The van der Waals surface area contributed by atoms with E-state index in [9.17, 15) is 12.9 Å². The second-order valence-electron chi connectivity index (χ2n) is 1.92. The highest BCUT2D eigenvalue weighted by Gasteiger charge is 2.06. The van der Waals surface area contributed by atoms with Crippen molar-refractivity contribution >= 4 is 7.54 Å². The molecular formula is C5H10BF3O. The smallest absolute Gasteiger partial charge is 0.381 e. The van der Waals surface area contributed by atoms with Crippen molar-refractivity contribution in [2.24, 2.45) is 0 Å². The molecule has 5 heteroatoms. The third-order valence-electron chi connectivity index (χ3n) is 1.08. The fraction of sp³-hybridized carbons (Fsp3) is 1.00. The van der Waals surface area contributed by atoms with Crippen molar-refractivity contribution in [3.05, 3.63) is 0 Å². The van der Waals surface area contributed by atoms with Crippen LogP contribution in [0, 0.1) is 0 Å². The molecule has 1 rings (SSSR count). The Morgan fingerprint density at radius 3 is 1.40 bits per heavy atom. The molecule has 0 amide bonds. The first-order valence-electron chi connectivity index (χ1n) is 3.23. The lowest BCUT2D eigenvalue weighted by molar-refractivity contribution is 0.0968. The Hall–Kier alpha value is -0.185. The molecule has 0 spiro atoms. The molecule has 10 heavy (non-hydrogen) atoms. The van der Waals surface area contributed by atoms with Crippen LogP contribution in [0.2, 0.25) is 0 Å².